The largest absolute Gasteiger partial charge is 0.496 e. The van der Waals surface area contributed by atoms with Crippen LogP contribution in [0.1, 0.15) is 57.3 Å². The molecule has 2 aromatic rings. The molecular weight excluding hydrogens is 396 g/mol. The molecule has 0 aliphatic carbocycles. The maximum atomic E-state index is 5.99. The standard InChI is InChI=1S/C25H36O4S/c1-8-9-10-15-30-22(14-11-17(2)3)18-16-21(28-6)23-19(26-4)12-13-20(27-5)24(23)25(18)29-7/h11-13,16,22H,8-10,14-15H2,1-7H3. The molecule has 166 valence electrons. The van der Waals surface area contributed by atoms with Crippen molar-refractivity contribution in [3.05, 3.63) is 35.4 Å². The molecule has 1 unspecified atom stereocenters. The molecule has 0 radical (unpaired) electrons. The van der Waals surface area contributed by atoms with Gasteiger partial charge in [-0.15, -0.1) is 0 Å². The summed E-state index contributed by atoms with van der Waals surface area (Å²) in [4.78, 5) is 0. The van der Waals surface area contributed by atoms with Gasteiger partial charge in [-0.2, -0.15) is 11.8 Å². The normalized spacial score (nSPS) is 11.8. The third kappa shape index (κ3) is 5.57. The predicted octanol–water partition coefficient (Wildman–Crippen LogP) is 7.20. The quantitative estimate of drug-likeness (QED) is 0.262. The van der Waals surface area contributed by atoms with Gasteiger partial charge in [-0.1, -0.05) is 31.4 Å². The molecule has 0 spiro atoms. The van der Waals surface area contributed by atoms with E-state index >= 15 is 0 Å². The second-order valence-corrected chi connectivity index (χ2v) is 8.82. The van der Waals surface area contributed by atoms with E-state index in [4.69, 9.17) is 18.9 Å². The van der Waals surface area contributed by atoms with E-state index in [-0.39, 0.29) is 5.25 Å². The van der Waals surface area contributed by atoms with Crippen LogP contribution in [-0.4, -0.2) is 34.2 Å². The van der Waals surface area contributed by atoms with E-state index < -0.39 is 0 Å². The Morgan fingerprint density at radius 1 is 0.900 bits per heavy atom. The smallest absolute Gasteiger partial charge is 0.135 e. The highest BCUT2D eigenvalue weighted by Gasteiger charge is 2.25. The van der Waals surface area contributed by atoms with Gasteiger partial charge in [0.1, 0.15) is 23.0 Å². The molecule has 0 amide bonds. The zero-order chi connectivity index (χ0) is 22.1. The number of ether oxygens (including phenoxy) is 4. The lowest BCUT2D eigenvalue weighted by molar-refractivity contribution is 0.389. The second-order valence-electron chi connectivity index (χ2n) is 7.51. The maximum absolute atomic E-state index is 5.99. The van der Waals surface area contributed by atoms with Gasteiger partial charge in [-0.3, -0.25) is 0 Å². The zero-order valence-electron chi connectivity index (χ0n) is 19.5. The summed E-state index contributed by atoms with van der Waals surface area (Å²) < 4.78 is 23.1. The summed E-state index contributed by atoms with van der Waals surface area (Å²) in [6.45, 7) is 6.53. The summed E-state index contributed by atoms with van der Waals surface area (Å²) in [7, 11) is 6.77. The van der Waals surface area contributed by atoms with E-state index in [0.29, 0.717) is 0 Å². The van der Waals surface area contributed by atoms with Crippen LogP contribution in [0.5, 0.6) is 23.0 Å². The van der Waals surface area contributed by atoms with Gasteiger partial charge in [0.25, 0.3) is 0 Å². The van der Waals surface area contributed by atoms with E-state index in [2.05, 4.69) is 32.9 Å². The third-order valence-electron chi connectivity index (χ3n) is 5.17. The number of allylic oxidation sites excluding steroid dienone is 2. The Kier molecular flexibility index (Phi) is 9.70. The highest BCUT2D eigenvalue weighted by atomic mass is 32.2. The molecule has 0 aliphatic heterocycles. The summed E-state index contributed by atoms with van der Waals surface area (Å²) >= 11 is 1.99. The van der Waals surface area contributed by atoms with Crippen molar-refractivity contribution < 1.29 is 18.9 Å². The van der Waals surface area contributed by atoms with Crippen LogP contribution in [0.15, 0.2) is 29.8 Å². The van der Waals surface area contributed by atoms with Gasteiger partial charge in [0.15, 0.2) is 0 Å². The Hall–Kier alpha value is -2.01. The van der Waals surface area contributed by atoms with Crippen molar-refractivity contribution in [3.63, 3.8) is 0 Å². The fourth-order valence-corrected chi connectivity index (χ4v) is 4.87. The van der Waals surface area contributed by atoms with Crippen molar-refractivity contribution in [2.45, 2.75) is 51.7 Å². The van der Waals surface area contributed by atoms with E-state index in [9.17, 15) is 0 Å². The highest BCUT2D eigenvalue weighted by Crippen LogP contribution is 2.50. The van der Waals surface area contributed by atoms with E-state index in [1.165, 1.54) is 24.8 Å². The van der Waals surface area contributed by atoms with E-state index in [0.717, 1.165) is 51.5 Å². The van der Waals surface area contributed by atoms with Gasteiger partial charge in [0.05, 0.1) is 39.2 Å². The number of unbranched alkanes of at least 4 members (excludes halogenated alkanes) is 2. The van der Waals surface area contributed by atoms with Crippen LogP contribution in [0.3, 0.4) is 0 Å². The predicted molar refractivity (Wildman–Crippen MR) is 129 cm³/mol. The van der Waals surface area contributed by atoms with Gasteiger partial charge in [0.2, 0.25) is 0 Å². The minimum Gasteiger partial charge on any atom is -0.496 e. The Balaban J connectivity index is 2.70. The lowest BCUT2D eigenvalue weighted by Crippen LogP contribution is -2.03. The average Bonchev–Trinajstić information content (AvgIpc) is 2.76. The van der Waals surface area contributed by atoms with Crippen molar-refractivity contribution in [1.82, 2.24) is 0 Å². The molecule has 0 aliphatic rings. The first-order valence-corrected chi connectivity index (χ1v) is 11.6. The molecule has 0 bridgehead atoms. The van der Waals surface area contributed by atoms with Gasteiger partial charge in [0, 0.05) is 10.8 Å². The van der Waals surface area contributed by atoms with E-state index in [1.807, 2.05) is 23.9 Å². The molecule has 4 nitrogen and oxygen atoms in total. The van der Waals surface area contributed by atoms with Crippen molar-refractivity contribution in [1.29, 1.82) is 0 Å². The molecule has 5 heteroatoms. The third-order valence-corrected chi connectivity index (χ3v) is 6.54. The number of hydrogen-bond acceptors (Lipinski definition) is 5. The van der Waals surface area contributed by atoms with Crippen molar-refractivity contribution >= 4 is 22.5 Å². The minimum atomic E-state index is 0.265. The summed E-state index contributed by atoms with van der Waals surface area (Å²) in [5.41, 5.74) is 2.45. The van der Waals surface area contributed by atoms with Gasteiger partial charge in [-0.25, -0.2) is 0 Å². The summed E-state index contributed by atoms with van der Waals surface area (Å²) in [6.07, 6.45) is 6.94. The van der Waals surface area contributed by atoms with Crippen molar-refractivity contribution in [2.75, 3.05) is 34.2 Å². The van der Waals surface area contributed by atoms with Crippen LogP contribution in [0.2, 0.25) is 0 Å². The fraction of sp³-hybridized carbons (Fsp3) is 0.520. The monoisotopic (exact) mass is 432 g/mol. The molecule has 30 heavy (non-hydrogen) atoms. The van der Waals surface area contributed by atoms with Gasteiger partial charge >= 0.3 is 0 Å². The van der Waals surface area contributed by atoms with Crippen LogP contribution in [0.4, 0.5) is 0 Å². The SMILES string of the molecule is CCCCCSC(CC=C(C)C)c1cc(OC)c2c(OC)ccc(OC)c2c1OC. The Morgan fingerprint density at radius 2 is 1.53 bits per heavy atom. The number of benzene rings is 2. The Morgan fingerprint density at radius 3 is 2.07 bits per heavy atom. The first-order valence-electron chi connectivity index (χ1n) is 10.6. The Labute approximate surface area is 185 Å². The maximum Gasteiger partial charge on any atom is 0.135 e. The summed E-state index contributed by atoms with van der Waals surface area (Å²) in [5, 5.41) is 2.03. The summed E-state index contributed by atoms with van der Waals surface area (Å²) in [5.74, 6) is 4.21. The molecule has 2 aromatic carbocycles. The molecule has 0 heterocycles. The van der Waals surface area contributed by atoms with Crippen molar-refractivity contribution in [3.8, 4) is 23.0 Å². The van der Waals surface area contributed by atoms with E-state index in [1.54, 1.807) is 28.4 Å². The summed E-state index contributed by atoms with van der Waals surface area (Å²) in [6, 6.07) is 5.94. The molecular formula is C25H36O4S. The van der Waals surface area contributed by atoms with Crippen molar-refractivity contribution in [2.24, 2.45) is 0 Å². The lowest BCUT2D eigenvalue weighted by atomic mass is 9.98. The fourth-order valence-electron chi connectivity index (χ4n) is 3.62. The molecule has 0 fully saturated rings. The first-order chi connectivity index (χ1) is 14.5. The number of rotatable bonds is 12. The van der Waals surface area contributed by atoms with Crippen LogP contribution in [0.25, 0.3) is 10.8 Å². The van der Waals surface area contributed by atoms with Crippen LogP contribution in [-0.2, 0) is 0 Å². The highest BCUT2D eigenvalue weighted by molar-refractivity contribution is 7.99. The van der Waals surface area contributed by atoms with Gasteiger partial charge < -0.3 is 18.9 Å². The molecule has 1 atom stereocenters. The zero-order valence-corrected chi connectivity index (χ0v) is 20.3. The van der Waals surface area contributed by atoms with Crippen LogP contribution in [0, 0.1) is 0 Å². The lowest BCUT2D eigenvalue weighted by Gasteiger charge is -2.23. The van der Waals surface area contributed by atoms with Crippen LogP contribution >= 0.6 is 11.8 Å². The molecule has 0 saturated carbocycles. The number of thioether (sulfide) groups is 1. The van der Waals surface area contributed by atoms with Gasteiger partial charge in [-0.05, 0) is 50.6 Å². The minimum absolute atomic E-state index is 0.265. The molecule has 2 rings (SSSR count). The Bertz CT molecular complexity index is 856. The number of hydrogen-bond donors (Lipinski definition) is 0. The number of fused-ring (bicyclic) bond motifs is 1. The van der Waals surface area contributed by atoms with Crippen LogP contribution < -0.4 is 18.9 Å². The second kappa shape index (κ2) is 12.0. The number of methoxy groups -OCH3 is 4. The topological polar surface area (TPSA) is 36.9 Å². The molecule has 0 saturated heterocycles. The molecule has 0 N–H and O–H groups in total. The first kappa shape index (κ1) is 24.3. The average molecular weight is 433 g/mol. The molecule has 0 aromatic heterocycles.